The zero-order valence-corrected chi connectivity index (χ0v) is 11.1. The Bertz CT molecular complexity index is 491. The van der Waals surface area contributed by atoms with Gasteiger partial charge in [-0.3, -0.25) is 0 Å². The summed E-state index contributed by atoms with van der Waals surface area (Å²) in [6.07, 6.45) is 8.38. The summed E-state index contributed by atoms with van der Waals surface area (Å²) in [6.45, 7) is 0. The second-order valence-corrected chi connectivity index (χ2v) is 4.97. The summed E-state index contributed by atoms with van der Waals surface area (Å²) in [5.74, 6) is 0. The Morgan fingerprint density at radius 1 is 0.789 bits per heavy atom. The number of anilines is 2. The van der Waals surface area contributed by atoms with E-state index in [-0.39, 0.29) is 0 Å². The van der Waals surface area contributed by atoms with E-state index in [4.69, 9.17) is 0 Å². The molecular weight excluding hydrogens is 230 g/mol. The lowest BCUT2D eigenvalue weighted by molar-refractivity contribution is 0.631. The van der Waals surface area contributed by atoms with E-state index in [0.717, 1.165) is 0 Å². The zero-order valence-electron chi connectivity index (χ0n) is 11.1. The molecule has 0 amide bonds. The second-order valence-electron chi connectivity index (χ2n) is 4.97. The van der Waals surface area contributed by atoms with Crippen molar-refractivity contribution < 1.29 is 0 Å². The van der Waals surface area contributed by atoms with E-state index in [1.807, 2.05) is 0 Å². The van der Waals surface area contributed by atoms with Gasteiger partial charge in [0.15, 0.2) is 0 Å². The van der Waals surface area contributed by atoms with Crippen molar-refractivity contribution >= 4 is 11.4 Å². The van der Waals surface area contributed by atoms with Crippen LogP contribution < -0.4 is 4.90 Å². The van der Waals surface area contributed by atoms with Gasteiger partial charge in [-0.15, -0.1) is 0 Å². The fourth-order valence-electron chi connectivity index (χ4n) is 2.72. The molecule has 1 aliphatic carbocycles. The number of benzene rings is 2. The van der Waals surface area contributed by atoms with Crippen LogP contribution in [-0.4, -0.2) is 6.04 Å². The lowest BCUT2D eigenvalue weighted by atomic mass is 10.00. The van der Waals surface area contributed by atoms with E-state index in [2.05, 4.69) is 77.7 Å². The van der Waals surface area contributed by atoms with Gasteiger partial charge in [0.05, 0.1) is 6.04 Å². The van der Waals surface area contributed by atoms with Gasteiger partial charge in [0.1, 0.15) is 0 Å². The van der Waals surface area contributed by atoms with Crippen LogP contribution in [0.3, 0.4) is 0 Å². The van der Waals surface area contributed by atoms with Crippen molar-refractivity contribution in [2.75, 3.05) is 4.90 Å². The summed E-state index contributed by atoms with van der Waals surface area (Å²) in [6, 6.07) is 21.8. The Morgan fingerprint density at radius 2 is 1.37 bits per heavy atom. The highest BCUT2D eigenvalue weighted by molar-refractivity contribution is 5.64. The zero-order chi connectivity index (χ0) is 12.9. The van der Waals surface area contributed by atoms with Crippen LogP contribution in [0.15, 0.2) is 72.8 Å². The summed E-state index contributed by atoms with van der Waals surface area (Å²) >= 11 is 0. The Balaban J connectivity index is 2.01. The third kappa shape index (κ3) is 2.70. The van der Waals surface area contributed by atoms with Gasteiger partial charge in [-0.25, -0.2) is 0 Å². The van der Waals surface area contributed by atoms with Crippen molar-refractivity contribution in [3.63, 3.8) is 0 Å². The van der Waals surface area contributed by atoms with Gasteiger partial charge in [-0.1, -0.05) is 48.6 Å². The molecular formula is C18H19N. The average molecular weight is 249 g/mol. The normalized spacial score (nSPS) is 18.2. The highest BCUT2D eigenvalue weighted by atomic mass is 15.2. The number of nitrogens with zero attached hydrogens (tertiary/aromatic N) is 1. The quantitative estimate of drug-likeness (QED) is 0.697. The predicted molar refractivity (Wildman–Crippen MR) is 81.8 cm³/mol. The molecule has 0 N–H and O–H groups in total. The van der Waals surface area contributed by atoms with E-state index in [0.29, 0.717) is 6.04 Å². The van der Waals surface area contributed by atoms with E-state index < -0.39 is 0 Å². The van der Waals surface area contributed by atoms with Crippen LogP contribution in [0.2, 0.25) is 0 Å². The van der Waals surface area contributed by atoms with Crippen LogP contribution >= 0.6 is 0 Å². The molecule has 19 heavy (non-hydrogen) atoms. The SMILES string of the molecule is C1=CC(N(c2ccccc2)c2ccccc2)CCC1. The molecule has 0 spiro atoms. The number of allylic oxidation sites excluding steroid dienone is 1. The number of rotatable bonds is 3. The minimum atomic E-state index is 0.471. The highest BCUT2D eigenvalue weighted by Crippen LogP contribution is 2.31. The smallest absolute Gasteiger partial charge is 0.0522 e. The monoisotopic (exact) mass is 249 g/mol. The highest BCUT2D eigenvalue weighted by Gasteiger charge is 2.19. The Hall–Kier alpha value is -2.02. The van der Waals surface area contributed by atoms with Crippen LogP contribution in [0.25, 0.3) is 0 Å². The van der Waals surface area contributed by atoms with Crippen molar-refractivity contribution in [2.24, 2.45) is 0 Å². The predicted octanol–water partition coefficient (Wildman–Crippen LogP) is 4.93. The fourth-order valence-corrected chi connectivity index (χ4v) is 2.72. The van der Waals surface area contributed by atoms with Crippen molar-refractivity contribution in [1.82, 2.24) is 0 Å². The summed E-state index contributed by atoms with van der Waals surface area (Å²) in [4.78, 5) is 2.44. The van der Waals surface area contributed by atoms with Crippen molar-refractivity contribution in [3.8, 4) is 0 Å². The van der Waals surface area contributed by atoms with Crippen LogP contribution in [0, 0.1) is 0 Å². The summed E-state index contributed by atoms with van der Waals surface area (Å²) in [7, 11) is 0. The van der Waals surface area contributed by atoms with Crippen molar-refractivity contribution in [3.05, 3.63) is 72.8 Å². The molecule has 1 heteroatoms. The van der Waals surface area contributed by atoms with Crippen LogP contribution in [0.5, 0.6) is 0 Å². The molecule has 2 aromatic rings. The molecule has 1 atom stereocenters. The van der Waals surface area contributed by atoms with Crippen LogP contribution in [-0.2, 0) is 0 Å². The minimum absolute atomic E-state index is 0.471. The van der Waals surface area contributed by atoms with Gasteiger partial charge in [0.2, 0.25) is 0 Å². The molecule has 3 rings (SSSR count). The third-order valence-corrected chi connectivity index (χ3v) is 3.63. The van der Waals surface area contributed by atoms with Crippen LogP contribution in [0.4, 0.5) is 11.4 Å². The molecule has 0 bridgehead atoms. The second kappa shape index (κ2) is 5.75. The first-order chi connectivity index (χ1) is 9.45. The Labute approximate surface area is 115 Å². The molecule has 0 aromatic heterocycles. The lowest BCUT2D eigenvalue weighted by Crippen LogP contribution is -2.30. The van der Waals surface area contributed by atoms with Gasteiger partial charge < -0.3 is 4.90 Å². The molecule has 2 aromatic carbocycles. The van der Waals surface area contributed by atoms with Crippen molar-refractivity contribution in [2.45, 2.75) is 25.3 Å². The number of para-hydroxylation sites is 2. The number of hydrogen-bond acceptors (Lipinski definition) is 1. The van der Waals surface area contributed by atoms with Gasteiger partial charge in [-0.2, -0.15) is 0 Å². The van der Waals surface area contributed by atoms with Crippen LogP contribution in [0.1, 0.15) is 19.3 Å². The molecule has 0 saturated heterocycles. The third-order valence-electron chi connectivity index (χ3n) is 3.63. The maximum absolute atomic E-state index is 2.44. The maximum atomic E-state index is 2.44. The first-order valence-corrected chi connectivity index (χ1v) is 7.01. The van der Waals surface area contributed by atoms with E-state index >= 15 is 0 Å². The van der Waals surface area contributed by atoms with E-state index in [1.165, 1.54) is 30.6 Å². The minimum Gasteiger partial charge on any atom is -0.335 e. The number of hydrogen-bond donors (Lipinski definition) is 0. The van der Waals surface area contributed by atoms with Crippen molar-refractivity contribution in [1.29, 1.82) is 0 Å². The molecule has 1 unspecified atom stereocenters. The summed E-state index contributed by atoms with van der Waals surface area (Å²) < 4.78 is 0. The standard InChI is InChI=1S/C18H19N/c1-4-10-16(11-5-1)19(17-12-6-2-7-13-17)18-14-8-3-9-15-18/h1-2,4-8,10-14,18H,3,9,15H2. The topological polar surface area (TPSA) is 3.24 Å². The van der Waals surface area contributed by atoms with Gasteiger partial charge in [0.25, 0.3) is 0 Å². The fraction of sp³-hybridized carbons (Fsp3) is 0.222. The van der Waals surface area contributed by atoms with Gasteiger partial charge in [-0.05, 0) is 43.5 Å². The van der Waals surface area contributed by atoms with Gasteiger partial charge in [0, 0.05) is 11.4 Å². The molecule has 0 heterocycles. The molecule has 0 fully saturated rings. The summed E-state index contributed by atoms with van der Waals surface area (Å²) in [5, 5.41) is 0. The lowest BCUT2D eigenvalue weighted by Gasteiger charge is -2.33. The molecule has 0 saturated carbocycles. The Kier molecular flexibility index (Phi) is 3.64. The molecule has 0 radical (unpaired) electrons. The molecule has 1 nitrogen and oxygen atoms in total. The first-order valence-electron chi connectivity index (χ1n) is 7.01. The molecule has 1 aliphatic rings. The van der Waals surface area contributed by atoms with E-state index in [1.54, 1.807) is 0 Å². The van der Waals surface area contributed by atoms with E-state index in [9.17, 15) is 0 Å². The maximum Gasteiger partial charge on any atom is 0.0522 e. The first kappa shape index (κ1) is 12.0. The largest absolute Gasteiger partial charge is 0.335 e. The summed E-state index contributed by atoms with van der Waals surface area (Å²) in [5.41, 5.74) is 2.54. The molecule has 96 valence electrons. The average Bonchev–Trinajstić information content (AvgIpc) is 2.51. The molecule has 0 aliphatic heterocycles. The Morgan fingerprint density at radius 3 is 1.84 bits per heavy atom. The van der Waals surface area contributed by atoms with Gasteiger partial charge >= 0.3 is 0 Å².